The zero-order valence-corrected chi connectivity index (χ0v) is 8.04. The number of amides is 1. The molecular formula is C9H13N3O2. The highest BCUT2D eigenvalue weighted by molar-refractivity contribution is 5.92. The second-order valence-corrected chi connectivity index (χ2v) is 3.41. The molecule has 0 radical (unpaired) electrons. The highest BCUT2D eigenvalue weighted by atomic mass is 16.3. The van der Waals surface area contributed by atoms with Gasteiger partial charge in [-0.2, -0.15) is 0 Å². The second-order valence-electron chi connectivity index (χ2n) is 3.41. The van der Waals surface area contributed by atoms with E-state index in [9.17, 15) is 4.79 Å². The highest BCUT2D eigenvalue weighted by Crippen LogP contribution is 2.02. The van der Waals surface area contributed by atoms with Crippen LogP contribution in [-0.2, 0) is 0 Å². The minimum absolute atomic E-state index is 0.157. The van der Waals surface area contributed by atoms with Crippen LogP contribution in [0.3, 0.4) is 0 Å². The monoisotopic (exact) mass is 195 g/mol. The van der Waals surface area contributed by atoms with E-state index in [2.05, 4.69) is 15.6 Å². The van der Waals surface area contributed by atoms with Crippen molar-refractivity contribution in [1.82, 2.24) is 15.6 Å². The fourth-order valence-corrected chi connectivity index (χ4v) is 1.50. The van der Waals surface area contributed by atoms with Gasteiger partial charge < -0.3 is 15.1 Å². The lowest BCUT2D eigenvalue weighted by Crippen LogP contribution is -2.36. The Morgan fingerprint density at radius 2 is 2.64 bits per heavy atom. The predicted molar refractivity (Wildman–Crippen MR) is 50.0 cm³/mol. The summed E-state index contributed by atoms with van der Waals surface area (Å²) in [5, 5.41) is 6.06. The van der Waals surface area contributed by atoms with Crippen LogP contribution in [-0.4, -0.2) is 30.0 Å². The number of oxazole rings is 1. The molecule has 1 aliphatic heterocycles. The van der Waals surface area contributed by atoms with Gasteiger partial charge in [0.1, 0.15) is 6.26 Å². The second kappa shape index (κ2) is 3.79. The molecule has 1 atom stereocenters. The van der Waals surface area contributed by atoms with E-state index in [1.165, 1.54) is 6.26 Å². The summed E-state index contributed by atoms with van der Waals surface area (Å²) in [7, 11) is 0. The largest absolute Gasteiger partial charge is 0.448 e. The number of carbonyl (C=O) groups is 1. The van der Waals surface area contributed by atoms with Gasteiger partial charge in [-0.15, -0.1) is 0 Å². The van der Waals surface area contributed by atoms with Crippen LogP contribution in [0.15, 0.2) is 10.7 Å². The third-order valence-electron chi connectivity index (χ3n) is 2.25. The summed E-state index contributed by atoms with van der Waals surface area (Å²) in [4.78, 5) is 15.5. The molecule has 0 saturated carbocycles. The maximum Gasteiger partial charge on any atom is 0.273 e. The lowest BCUT2D eigenvalue weighted by atomic mass is 10.2. The van der Waals surface area contributed by atoms with Crippen molar-refractivity contribution in [2.24, 2.45) is 0 Å². The lowest BCUT2D eigenvalue weighted by molar-refractivity contribution is 0.0935. The van der Waals surface area contributed by atoms with E-state index in [1.54, 1.807) is 6.92 Å². The highest BCUT2D eigenvalue weighted by Gasteiger charge is 2.19. The Hall–Kier alpha value is -1.36. The van der Waals surface area contributed by atoms with Crippen molar-refractivity contribution in [2.75, 3.05) is 13.1 Å². The van der Waals surface area contributed by atoms with E-state index in [0.29, 0.717) is 11.6 Å². The standard InChI is InChI=1S/C9H13N3O2/c1-6-11-8(5-14-6)9(13)12-7-2-3-10-4-7/h5,7,10H,2-4H2,1H3,(H,12,13). The Morgan fingerprint density at radius 1 is 1.79 bits per heavy atom. The average molecular weight is 195 g/mol. The van der Waals surface area contributed by atoms with Gasteiger partial charge in [0.25, 0.3) is 5.91 Å². The number of aryl methyl sites for hydroxylation is 1. The van der Waals surface area contributed by atoms with Crippen LogP contribution in [0.1, 0.15) is 22.8 Å². The first kappa shape index (κ1) is 9.21. The molecule has 0 aromatic carbocycles. The van der Waals surface area contributed by atoms with Gasteiger partial charge >= 0.3 is 0 Å². The van der Waals surface area contributed by atoms with E-state index in [-0.39, 0.29) is 11.9 Å². The van der Waals surface area contributed by atoms with Crippen molar-refractivity contribution in [3.63, 3.8) is 0 Å². The number of hydrogen-bond acceptors (Lipinski definition) is 4. The van der Waals surface area contributed by atoms with Crippen LogP contribution < -0.4 is 10.6 Å². The van der Waals surface area contributed by atoms with Crippen LogP contribution in [0.5, 0.6) is 0 Å². The predicted octanol–water partition coefficient (Wildman–Crippen LogP) is 0.0747. The van der Waals surface area contributed by atoms with Crippen LogP contribution in [0.25, 0.3) is 0 Å². The summed E-state index contributed by atoms with van der Waals surface area (Å²) in [6.45, 7) is 3.51. The smallest absolute Gasteiger partial charge is 0.273 e. The molecule has 0 spiro atoms. The van der Waals surface area contributed by atoms with Gasteiger partial charge in [-0.25, -0.2) is 4.98 Å². The first-order valence-electron chi connectivity index (χ1n) is 4.69. The summed E-state index contributed by atoms with van der Waals surface area (Å²) < 4.78 is 4.96. The maximum absolute atomic E-state index is 11.6. The molecule has 0 aliphatic carbocycles. The number of rotatable bonds is 2. The number of nitrogens with one attached hydrogen (secondary N) is 2. The van der Waals surface area contributed by atoms with Crippen LogP contribution in [0.2, 0.25) is 0 Å². The van der Waals surface area contributed by atoms with Crippen molar-refractivity contribution in [3.05, 3.63) is 17.8 Å². The summed E-state index contributed by atoms with van der Waals surface area (Å²) in [5.41, 5.74) is 0.356. The zero-order chi connectivity index (χ0) is 9.97. The van der Waals surface area contributed by atoms with Gasteiger partial charge in [-0.05, 0) is 13.0 Å². The van der Waals surface area contributed by atoms with E-state index in [4.69, 9.17) is 4.42 Å². The molecule has 1 saturated heterocycles. The maximum atomic E-state index is 11.6. The molecule has 5 nitrogen and oxygen atoms in total. The first-order chi connectivity index (χ1) is 6.75. The molecule has 76 valence electrons. The van der Waals surface area contributed by atoms with Crippen molar-refractivity contribution < 1.29 is 9.21 Å². The SMILES string of the molecule is Cc1nc(C(=O)NC2CCNC2)co1. The van der Waals surface area contributed by atoms with Gasteiger partial charge in [0.15, 0.2) is 11.6 Å². The summed E-state index contributed by atoms with van der Waals surface area (Å²) in [6, 6.07) is 0.222. The third-order valence-corrected chi connectivity index (χ3v) is 2.25. The fraction of sp³-hybridized carbons (Fsp3) is 0.556. The van der Waals surface area contributed by atoms with E-state index in [0.717, 1.165) is 19.5 Å². The summed E-state index contributed by atoms with van der Waals surface area (Å²) in [6.07, 6.45) is 2.36. The first-order valence-corrected chi connectivity index (χ1v) is 4.69. The molecule has 5 heteroatoms. The van der Waals surface area contributed by atoms with Crippen molar-refractivity contribution >= 4 is 5.91 Å². The molecule has 1 aromatic rings. The normalized spacial score (nSPS) is 21.1. The summed E-state index contributed by atoms with van der Waals surface area (Å²) in [5.74, 6) is 0.357. The van der Waals surface area contributed by atoms with Crippen LogP contribution in [0, 0.1) is 6.92 Å². The minimum atomic E-state index is -0.157. The number of carbonyl (C=O) groups excluding carboxylic acids is 1. The van der Waals surface area contributed by atoms with Gasteiger partial charge in [0.05, 0.1) is 0 Å². The number of hydrogen-bond donors (Lipinski definition) is 2. The molecule has 14 heavy (non-hydrogen) atoms. The van der Waals surface area contributed by atoms with Gasteiger partial charge in [-0.3, -0.25) is 4.79 Å². The lowest BCUT2D eigenvalue weighted by Gasteiger charge is -2.08. The molecule has 2 heterocycles. The van der Waals surface area contributed by atoms with Crippen molar-refractivity contribution in [3.8, 4) is 0 Å². The molecule has 1 fully saturated rings. The third kappa shape index (κ3) is 1.93. The van der Waals surface area contributed by atoms with Gasteiger partial charge in [0, 0.05) is 19.5 Å². The zero-order valence-electron chi connectivity index (χ0n) is 8.04. The molecule has 1 aromatic heterocycles. The Bertz CT molecular complexity index is 329. The average Bonchev–Trinajstić information content (AvgIpc) is 2.75. The molecule has 2 N–H and O–H groups in total. The Kier molecular flexibility index (Phi) is 2.49. The molecular weight excluding hydrogens is 182 g/mol. The molecule has 1 amide bonds. The molecule has 1 unspecified atom stereocenters. The molecule has 2 rings (SSSR count). The fourth-order valence-electron chi connectivity index (χ4n) is 1.50. The Morgan fingerprint density at radius 3 is 3.21 bits per heavy atom. The molecule has 0 bridgehead atoms. The van der Waals surface area contributed by atoms with Gasteiger partial charge in [0.2, 0.25) is 0 Å². The minimum Gasteiger partial charge on any atom is -0.448 e. The van der Waals surface area contributed by atoms with E-state index < -0.39 is 0 Å². The number of nitrogens with zero attached hydrogens (tertiary/aromatic N) is 1. The van der Waals surface area contributed by atoms with Gasteiger partial charge in [-0.1, -0.05) is 0 Å². The van der Waals surface area contributed by atoms with E-state index >= 15 is 0 Å². The van der Waals surface area contributed by atoms with Crippen LogP contribution in [0.4, 0.5) is 0 Å². The summed E-state index contributed by atoms with van der Waals surface area (Å²) >= 11 is 0. The Balaban J connectivity index is 1.95. The number of aromatic nitrogens is 1. The molecule has 1 aliphatic rings. The van der Waals surface area contributed by atoms with Crippen molar-refractivity contribution in [1.29, 1.82) is 0 Å². The quantitative estimate of drug-likeness (QED) is 0.701. The van der Waals surface area contributed by atoms with Crippen LogP contribution >= 0.6 is 0 Å². The topological polar surface area (TPSA) is 67.2 Å². The van der Waals surface area contributed by atoms with E-state index in [1.807, 2.05) is 0 Å². The van der Waals surface area contributed by atoms with Crippen molar-refractivity contribution in [2.45, 2.75) is 19.4 Å². The Labute approximate surface area is 81.9 Å².